The maximum atomic E-state index is 12.3. The molecule has 0 amide bonds. The van der Waals surface area contributed by atoms with Gasteiger partial charge in [-0.05, 0) is 32.9 Å². The largest absolute Gasteiger partial charge is 0.336 e. The summed E-state index contributed by atoms with van der Waals surface area (Å²) in [7, 11) is -4.18. The number of Topliss-reactive ketones (excluding diaryl/α,β-unsaturated/α-hetero) is 1. The molecule has 8 heteroatoms. The van der Waals surface area contributed by atoms with Gasteiger partial charge in [-0.25, -0.2) is 0 Å². The quantitative estimate of drug-likeness (QED) is 0.758. The summed E-state index contributed by atoms with van der Waals surface area (Å²) in [5.41, 5.74) is 0.885. The van der Waals surface area contributed by atoms with Crippen molar-refractivity contribution in [2.75, 3.05) is 6.58 Å². The lowest BCUT2D eigenvalue weighted by Crippen LogP contribution is -2.33. The topological polar surface area (TPSA) is 88.1 Å². The van der Waals surface area contributed by atoms with E-state index in [0.717, 1.165) is 5.56 Å². The van der Waals surface area contributed by atoms with Gasteiger partial charge in [0.1, 0.15) is 12.7 Å². The second-order valence-corrected chi connectivity index (χ2v) is 7.46. The monoisotopic (exact) mass is 343 g/mol. The highest BCUT2D eigenvalue weighted by molar-refractivity contribution is 7.86. The van der Waals surface area contributed by atoms with E-state index in [4.69, 9.17) is 19.8 Å². The third-order valence-corrected chi connectivity index (χ3v) is 4.73. The van der Waals surface area contributed by atoms with Crippen LogP contribution in [0, 0.1) is 6.92 Å². The summed E-state index contributed by atoms with van der Waals surface area (Å²) >= 11 is 0. The number of rotatable bonds is 4. The van der Waals surface area contributed by atoms with E-state index in [1.807, 2.05) is 6.92 Å². The number of benzene rings is 1. The van der Waals surface area contributed by atoms with Crippen molar-refractivity contribution in [3.8, 4) is 0 Å². The lowest BCUT2D eigenvalue weighted by molar-refractivity contribution is -0.206. The fourth-order valence-electron chi connectivity index (χ4n) is 2.38. The van der Waals surface area contributed by atoms with E-state index < -0.39 is 46.8 Å². The zero-order valence-corrected chi connectivity index (χ0v) is 13.7. The van der Waals surface area contributed by atoms with Crippen molar-refractivity contribution in [1.82, 2.24) is 0 Å². The number of ether oxygens (including phenoxy) is 3. The van der Waals surface area contributed by atoms with Gasteiger partial charge in [0.15, 0.2) is 24.0 Å². The smallest absolute Gasteiger partial charge is 0.297 e. The predicted octanol–water partition coefficient (Wildman–Crippen LogP) is 1.15. The zero-order chi connectivity index (χ0) is 17.7. The molecule has 2 aliphatic heterocycles. The van der Waals surface area contributed by atoms with Crippen LogP contribution in [0.4, 0.5) is 0 Å². The molecule has 0 aliphatic carbocycles. The van der Waals surface area contributed by atoms with Crippen molar-refractivity contribution >= 4 is 15.9 Å². The lowest BCUT2D eigenvalue weighted by atomic mass is 10.2. The third-order valence-electron chi connectivity index (χ3n) is 3.52. The maximum absolute atomic E-state index is 12.3. The van der Waals surface area contributed by atoms with Gasteiger partial charge in [-0.3, -0.25) is 8.98 Å². The Kier molecular flexibility index (Phi) is 3.73. The zero-order valence-electron chi connectivity index (χ0n) is 13.9. The van der Waals surface area contributed by atoms with Crippen LogP contribution in [0.1, 0.15) is 20.8 Å². The van der Waals surface area contributed by atoms with Crippen molar-refractivity contribution in [3.63, 3.8) is 0 Å². The number of hydrogen-bond acceptors (Lipinski definition) is 7. The fourth-order valence-corrected chi connectivity index (χ4v) is 3.21. The Hall–Kier alpha value is -1.32. The molecular formula is C15H18O7S. The summed E-state index contributed by atoms with van der Waals surface area (Å²) in [6.45, 7) is 3.33. The van der Waals surface area contributed by atoms with Crippen LogP contribution in [0.5, 0.6) is 0 Å². The number of ketones is 1. The number of carbonyl (C=O) groups excluding carboxylic acids is 1. The average molecular weight is 343 g/mol. The molecule has 2 fully saturated rings. The number of aryl methyl sites for hydroxylation is 1. The highest BCUT2D eigenvalue weighted by atomic mass is 32.2. The first-order chi connectivity index (χ1) is 11.1. The average Bonchev–Trinajstić information content (AvgIpc) is 2.92. The van der Waals surface area contributed by atoms with Crippen molar-refractivity contribution in [2.24, 2.45) is 0 Å². The van der Waals surface area contributed by atoms with Gasteiger partial charge >= 0.3 is 0 Å². The van der Waals surface area contributed by atoms with Crippen LogP contribution < -0.4 is 0 Å². The molecule has 2 aliphatic rings. The molecule has 0 unspecified atom stereocenters. The van der Waals surface area contributed by atoms with Gasteiger partial charge in [0, 0.05) is 0 Å². The SMILES string of the molecule is [2H][C@@H](OS(=O)(=O)c1ccc(C)cc1)[C@H]1O[C@@H]2OC(C)(C)O[C@H]2C1=O. The lowest BCUT2D eigenvalue weighted by Gasteiger charge is -2.19. The molecule has 126 valence electrons. The maximum Gasteiger partial charge on any atom is 0.297 e. The van der Waals surface area contributed by atoms with Crippen LogP contribution in [0.25, 0.3) is 0 Å². The van der Waals surface area contributed by atoms with Gasteiger partial charge in [0.25, 0.3) is 10.1 Å². The van der Waals surface area contributed by atoms with E-state index in [9.17, 15) is 13.2 Å². The minimum Gasteiger partial charge on any atom is -0.336 e. The van der Waals surface area contributed by atoms with Crippen molar-refractivity contribution in [3.05, 3.63) is 29.8 Å². The fraction of sp³-hybridized carbons (Fsp3) is 0.533. The van der Waals surface area contributed by atoms with Gasteiger partial charge in [-0.1, -0.05) is 17.7 Å². The predicted molar refractivity (Wildman–Crippen MR) is 78.0 cm³/mol. The first kappa shape index (κ1) is 15.2. The van der Waals surface area contributed by atoms with Crippen molar-refractivity contribution in [2.45, 2.75) is 50.0 Å². The summed E-state index contributed by atoms with van der Waals surface area (Å²) in [5.74, 6) is -1.54. The van der Waals surface area contributed by atoms with E-state index in [2.05, 4.69) is 0 Å². The molecule has 2 saturated heterocycles. The van der Waals surface area contributed by atoms with Gasteiger partial charge in [-0.2, -0.15) is 8.42 Å². The molecule has 0 aromatic heterocycles. The summed E-state index contributed by atoms with van der Waals surface area (Å²) in [4.78, 5) is 12.2. The molecule has 3 rings (SSSR count). The van der Waals surface area contributed by atoms with Gasteiger partial charge < -0.3 is 14.2 Å². The third kappa shape index (κ3) is 3.31. The standard InChI is InChI=1S/C15H18O7S/c1-9-4-6-10(7-5-9)23(17,18)19-8-11-12(16)13-14(20-11)22-15(2,3)21-13/h4-7,11,13-14H,8H2,1-3H3/t11-,13+,14-/m1/s1/i8D/t8-,11-,13+,14-. The second kappa shape index (κ2) is 5.64. The van der Waals surface area contributed by atoms with Crippen LogP contribution >= 0.6 is 0 Å². The van der Waals surface area contributed by atoms with Gasteiger partial charge in [0.05, 0.1) is 6.27 Å². The molecule has 1 aromatic carbocycles. The number of fused-ring (bicyclic) bond motifs is 1. The summed E-state index contributed by atoms with van der Waals surface area (Å²) in [6, 6.07) is 5.97. The van der Waals surface area contributed by atoms with E-state index in [1.165, 1.54) is 12.1 Å². The number of carbonyl (C=O) groups is 1. The van der Waals surface area contributed by atoms with E-state index in [1.54, 1.807) is 26.0 Å². The second-order valence-electron chi connectivity index (χ2n) is 5.88. The Balaban J connectivity index is 1.71. The van der Waals surface area contributed by atoms with Crippen molar-refractivity contribution in [1.29, 1.82) is 0 Å². The van der Waals surface area contributed by atoms with Crippen LogP contribution in [-0.4, -0.2) is 45.1 Å². The normalized spacial score (nSPS) is 31.7. The molecule has 7 nitrogen and oxygen atoms in total. The highest BCUT2D eigenvalue weighted by Gasteiger charge is 2.54. The Morgan fingerprint density at radius 1 is 1.26 bits per heavy atom. The highest BCUT2D eigenvalue weighted by Crippen LogP contribution is 2.35. The molecule has 1 aromatic rings. The first-order valence-corrected chi connectivity index (χ1v) is 8.47. The number of hydrogen-bond donors (Lipinski definition) is 0. The molecule has 0 radical (unpaired) electrons. The molecule has 4 atom stereocenters. The molecule has 0 spiro atoms. The molecule has 0 saturated carbocycles. The Morgan fingerprint density at radius 2 is 1.91 bits per heavy atom. The van der Waals surface area contributed by atoms with Gasteiger partial charge in [0.2, 0.25) is 0 Å². The molecule has 0 bridgehead atoms. The molecule has 23 heavy (non-hydrogen) atoms. The van der Waals surface area contributed by atoms with E-state index >= 15 is 0 Å². The minimum atomic E-state index is -4.18. The minimum absolute atomic E-state index is 0.0929. The first-order valence-electron chi connectivity index (χ1n) is 7.64. The molecular weight excluding hydrogens is 324 g/mol. The molecule has 0 N–H and O–H groups in total. The van der Waals surface area contributed by atoms with Gasteiger partial charge in [-0.15, -0.1) is 0 Å². The summed E-state index contributed by atoms with van der Waals surface area (Å²) in [5, 5.41) is 0. The van der Waals surface area contributed by atoms with Crippen LogP contribution in [0.2, 0.25) is 0 Å². The van der Waals surface area contributed by atoms with Crippen LogP contribution in [0.3, 0.4) is 0 Å². The molecule has 2 heterocycles. The summed E-state index contributed by atoms with van der Waals surface area (Å²) in [6.07, 6.45) is -3.34. The van der Waals surface area contributed by atoms with E-state index in [-0.39, 0.29) is 4.90 Å². The Bertz CT molecular complexity index is 744. The van der Waals surface area contributed by atoms with Crippen LogP contribution in [0.15, 0.2) is 29.2 Å². The Morgan fingerprint density at radius 3 is 2.52 bits per heavy atom. The Labute approximate surface area is 136 Å². The van der Waals surface area contributed by atoms with Crippen molar-refractivity contribution < 1.29 is 33.0 Å². The summed E-state index contributed by atoms with van der Waals surface area (Å²) < 4.78 is 53.2. The van der Waals surface area contributed by atoms with E-state index in [0.29, 0.717) is 0 Å². The van der Waals surface area contributed by atoms with Crippen LogP contribution in [-0.2, 0) is 33.3 Å².